The molecule has 1 amide bonds. The van der Waals surface area contributed by atoms with Gasteiger partial charge in [0.25, 0.3) is 0 Å². The van der Waals surface area contributed by atoms with Crippen molar-refractivity contribution in [3.05, 3.63) is 51.7 Å². The molecule has 0 N–H and O–H groups in total. The fourth-order valence-electron chi connectivity index (χ4n) is 3.67. The van der Waals surface area contributed by atoms with Gasteiger partial charge in [-0.3, -0.25) is 9.69 Å². The lowest BCUT2D eigenvalue weighted by atomic mass is 10.1. The average molecular weight is 377 g/mol. The summed E-state index contributed by atoms with van der Waals surface area (Å²) in [6, 6.07) is 5.79. The fraction of sp³-hybridized carbons (Fsp3) is 0.421. The van der Waals surface area contributed by atoms with Crippen molar-refractivity contribution in [1.82, 2.24) is 9.80 Å². The van der Waals surface area contributed by atoms with Gasteiger partial charge in [0.1, 0.15) is 11.6 Å². The molecule has 0 bridgehead atoms. The molecular weight excluding hydrogens is 356 g/mol. The van der Waals surface area contributed by atoms with E-state index in [4.69, 9.17) is 0 Å². The number of fused-ring (bicyclic) bond motifs is 1. The van der Waals surface area contributed by atoms with Crippen LogP contribution in [0.15, 0.2) is 29.6 Å². The maximum Gasteiger partial charge on any atom is 0.236 e. The molecule has 1 aromatic heterocycles. The third-order valence-electron chi connectivity index (χ3n) is 5.13. The molecule has 4 nitrogen and oxygen atoms in total. The summed E-state index contributed by atoms with van der Waals surface area (Å²) in [5.41, 5.74) is 1.74. The molecule has 0 radical (unpaired) electrons. The Morgan fingerprint density at radius 3 is 2.65 bits per heavy atom. The minimum Gasteiger partial charge on any atom is -0.366 e. The maximum atomic E-state index is 13.9. The summed E-state index contributed by atoms with van der Waals surface area (Å²) in [6.07, 6.45) is 1.01. The zero-order chi connectivity index (χ0) is 18.1. The Kier molecular flexibility index (Phi) is 4.91. The average Bonchev–Trinajstić information content (AvgIpc) is 3.10. The van der Waals surface area contributed by atoms with Crippen LogP contribution in [0.5, 0.6) is 0 Å². The van der Waals surface area contributed by atoms with Gasteiger partial charge in [-0.2, -0.15) is 0 Å². The molecule has 7 heteroatoms. The molecule has 0 aliphatic carbocycles. The number of nitrogens with zero attached hydrogens (tertiary/aromatic N) is 3. The van der Waals surface area contributed by atoms with Crippen molar-refractivity contribution in [3.8, 4) is 0 Å². The Labute approximate surface area is 155 Å². The zero-order valence-electron chi connectivity index (χ0n) is 14.5. The number of hydrogen-bond acceptors (Lipinski definition) is 4. The van der Waals surface area contributed by atoms with Crippen molar-refractivity contribution in [2.24, 2.45) is 0 Å². The van der Waals surface area contributed by atoms with Crippen LogP contribution in [0, 0.1) is 11.6 Å². The van der Waals surface area contributed by atoms with Gasteiger partial charge >= 0.3 is 0 Å². The number of piperazine rings is 1. The van der Waals surface area contributed by atoms with Crippen LogP contribution in [0.4, 0.5) is 14.5 Å². The van der Waals surface area contributed by atoms with Crippen LogP contribution < -0.4 is 4.90 Å². The van der Waals surface area contributed by atoms with Crippen molar-refractivity contribution in [1.29, 1.82) is 0 Å². The predicted molar refractivity (Wildman–Crippen MR) is 98.5 cm³/mol. The van der Waals surface area contributed by atoms with Gasteiger partial charge in [-0.25, -0.2) is 8.78 Å². The van der Waals surface area contributed by atoms with E-state index in [9.17, 15) is 13.6 Å². The van der Waals surface area contributed by atoms with Gasteiger partial charge in [0.2, 0.25) is 5.91 Å². The third-order valence-corrected chi connectivity index (χ3v) is 6.15. The Bertz CT molecular complexity index is 802. The van der Waals surface area contributed by atoms with E-state index in [1.54, 1.807) is 11.3 Å². The smallest absolute Gasteiger partial charge is 0.236 e. The Hall–Kier alpha value is -1.99. The Morgan fingerprint density at radius 1 is 1.08 bits per heavy atom. The molecule has 4 rings (SSSR count). The Balaban J connectivity index is 1.31. The lowest BCUT2D eigenvalue weighted by molar-refractivity contribution is -0.132. The lowest BCUT2D eigenvalue weighted by Gasteiger charge is -2.37. The van der Waals surface area contributed by atoms with E-state index in [-0.39, 0.29) is 5.91 Å². The number of halogens is 2. The monoisotopic (exact) mass is 377 g/mol. The summed E-state index contributed by atoms with van der Waals surface area (Å²) in [4.78, 5) is 20.0. The second-order valence-electron chi connectivity index (χ2n) is 6.79. The van der Waals surface area contributed by atoms with E-state index in [1.165, 1.54) is 22.6 Å². The molecule has 2 aliphatic heterocycles. The van der Waals surface area contributed by atoms with E-state index in [2.05, 4.69) is 16.3 Å². The zero-order valence-corrected chi connectivity index (χ0v) is 15.3. The van der Waals surface area contributed by atoms with Gasteiger partial charge in [-0.05, 0) is 35.6 Å². The number of amides is 1. The molecule has 0 saturated carbocycles. The molecule has 1 fully saturated rings. The third kappa shape index (κ3) is 3.59. The molecule has 2 aromatic rings. The van der Waals surface area contributed by atoms with Crippen LogP contribution in [-0.2, 0) is 17.8 Å². The molecule has 138 valence electrons. The van der Waals surface area contributed by atoms with Crippen LogP contribution in [0.2, 0.25) is 0 Å². The van der Waals surface area contributed by atoms with Gasteiger partial charge in [-0.1, -0.05) is 0 Å². The highest BCUT2D eigenvalue weighted by atomic mass is 32.1. The van der Waals surface area contributed by atoms with Crippen LogP contribution >= 0.6 is 11.3 Å². The van der Waals surface area contributed by atoms with Crippen LogP contribution in [0.1, 0.15) is 10.4 Å². The van der Waals surface area contributed by atoms with Gasteiger partial charge < -0.3 is 9.80 Å². The van der Waals surface area contributed by atoms with E-state index in [0.717, 1.165) is 25.6 Å². The Morgan fingerprint density at radius 2 is 1.88 bits per heavy atom. The summed E-state index contributed by atoms with van der Waals surface area (Å²) >= 11 is 1.79. The lowest BCUT2D eigenvalue weighted by Crippen LogP contribution is -2.51. The minimum atomic E-state index is -0.574. The number of anilines is 1. The molecule has 3 heterocycles. The molecule has 1 aromatic carbocycles. The SMILES string of the molecule is O=C(CN1CCc2sccc2C1)N1CCN(c2ccc(F)cc2F)CC1. The van der Waals surface area contributed by atoms with Crippen molar-refractivity contribution in [3.63, 3.8) is 0 Å². The first-order valence-electron chi connectivity index (χ1n) is 8.85. The minimum absolute atomic E-state index is 0.128. The molecule has 0 atom stereocenters. The van der Waals surface area contributed by atoms with Gasteiger partial charge in [0.15, 0.2) is 0 Å². The number of hydrogen-bond donors (Lipinski definition) is 0. The summed E-state index contributed by atoms with van der Waals surface area (Å²) < 4.78 is 27.0. The van der Waals surface area contributed by atoms with Crippen LogP contribution in [-0.4, -0.2) is 55.0 Å². The standard InChI is InChI=1S/C19H21F2N3OS/c20-15-1-2-17(16(21)11-15)23-6-8-24(9-7-23)19(25)13-22-5-3-18-14(12-22)4-10-26-18/h1-2,4,10-11H,3,5-9,12-13H2. The topological polar surface area (TPSA) is 26.8 Å². The largest absolute Gasteiger partial charge is 0.366 e. The first kappa shape index (κ1) is 17.4. The summed E-state index contributed by atoms with van der Waals surface area (Å²) in [5, 5.41) is 2.11. The molecule has 0 spiro atoms. The number of thiophene rings is 1. The molecule has 0 unspecified atom stereocenters. The highest BCUT2D eigenvalue weighted by molar-refractivity contribution is 7.10. The van der Waals surface area contributed by atoms with Gasteiger partial charge in [-0.15, -0.1) is 11.3 Å². The molecule has 2 aliphatic rings. The van der Waals surface area contributed by atoms with E-state index >= 15 is 0 Å². The van der Waals surface area contributed by atoms with E-state index < -0.39 is 11.6 Å². The molecule has 1 saturated heterocycles. The second-order valence-corrected chi connectivity index (χ2v) is 7.79. The van der Waals surface area contributed by atoms with Crippen molar-refractivity contribution >= 4 is 22.9 Å². The quantitative estimate of drug-likeness (QED) is 0.823. The maximum absolute atomic E-state index is 13.9. The van der Waals surface area contributed by atoms with E-state index in [0.29, 0.717) is 38.4 Å². The van der Waals surface area contributed by atoms with Crippen LogP contribution in [0.25, 0.3) is 0 Å². The first-order chi connectivity index (χ1) is 12.6. The summed E-state index contributed by atoms with van der Waals surface area (Å²) in [7, 11) is 0. The first-order valence-corrected chi connectivity index (χ1v) is 9.73. The second kappa shape index (κ2) is 7.32. The van der Waals surface area contributed by atoms with Gasteiger partial charge in [0, 0.05) is 50.2 Å². The number of carbonyl (C=O) groups is 1. The summed E-state index contributed by atoms with van der Waals surface area (Å²) in [6.45, 7) is 4.43. The highest BCUT2D eigenvalue weighted by Gasteiger charge is 2.25. The normalized spacial score (nSPS) is 18.1. The number of rotatable bonds is 3. The van der Waals surface area contributed by atoms with Crippen molar-refractivity contribution in [2.75, 3.05) is 44.2 Å². The van der Waals surface area contributed by atoms with Crippen LogP contribution in [0.3, 0.4) is 0 Å². The fourth-order valence-corrected chi connectivity index (χ4v) is 4.56. The van der Waals surface area contributed by atoms with Crippen molar-refractivity contribution < 1.29 is 13.6 Å². The number of carbonyl (C=O) groups excluding carboxylic acids is 1. The van der Waals surface area contributed by atoms with Crippen molar-refractivity contribution in [2.45, 2.75) is 13.0 Å². The van der Waals surface area contributed by atoms with E-state index in [1.807, 2.05) is 9.80 Å². The summed E-state index contributed by atoms with van der Waals surface area (Å²) in [5.74, 6) is -0.997. The van der Waals surface area contributed by atoms with Gasteiger partial charge in [0.05, 0.1) is 12.2 Å². The predicted octanol–water partition coefficient (Wildman–Crippen LogP) is 2.73. The highest BCUT2D eigenvalue weighted by Crippen LogP contribution is 2.24. The molecule has 26 heavy (non-hydrogen) atoms. The molecular formula is C19H21F2N3OS. The number of benzene rings is 1.